The number of benzene rings is 2. The van der Waals surface area contributed by atoms with Crippen LogP contribution >= 0.6 is 0 Å². The molecular formula is C21H23N3O3S. The molecule has 0 spiro atoms. The van der Waals surface area contributed by atoms with Crippen LogP contribution in [0.3, 0.4) is 0 Å². The highest BCUT2D eigenvalue weighted by Crippen LogP contribution is 2.25. The minimum atomic E-state index is -0.954. The van der Waals surface area contributed by atoms with Crippen LogP contribution in [0.2, 0.25) is 0 Å². The molecule has 2 atom stereocenters. The van der Waals surface area contributed by atoms with Crippen LogP contribution in [0.15, 0.2) is 52.9 Å². The molecule has 0 N–H and O–H groups in total. The van der Waals surface area contributed by atoms with Crippen LogP contribution in [0, 0.1) is 6.92 Å². The third-order valence-electron chi connectivity index (χ3n) is 4.53. The normalized spacial score (nSPS) is 13.1. The van der Waals surface area contributed by atoms with Crippen molar-refractivity contribution in [2.45, 2.75) is 19.9 Å². The van der Waals surface area contributed by atoms with Crippen molar-refractivity contribution in [3.8, 4) is 22.9 Å². The van der Waals surface area contributed by atoms with Crippen molar-refractivity contribution in [2.24, 2.45) is 0 Å². The van der Waals surface area contributed by atoms with Gasteiger partial charge in [-0.2, -0.15) is 0 Å². The molecule has 0 fully saturated rings. The van der Waals surface area contributed by atoms with E-state index in [1.165, 1.54) is 0 Å². The van der Waals surface area contributed by atoms with Crippen molar-refractivity contribution in [2.75, 3.05) is 19.1 Å². The number of aromatic nitrogens is 2. The van der Waals surface area contributed by atoms with Crippen LogP contribution in [0.25, 0.3) is 22.9 Å². The monoisotopic (exact) mass is 397 g/mol. The number of aryl methyl sites for hydroxylation is 1. The maximum atomic E-state index is 12.6. The largest absolute Gasteiger partial charge is 0.416 e. The second-order valence-electron chi connectivity index (χ2n) is 6.86. The summed E-state index contributed by atoms with van der Waals surface area (Å²) in [6.07, 6.45) is 1.64. The van der Waals surface area contributed by atoms with E-state index in [0.717, 1.165) is 16.7 Å². The smallest absolute Gasteiger partial charge is 0.253 e. The lowest BCUT2D eigenvalue weighted by molar-refractivity contribution is 0.0757. The fourth-order valence-electron chi connectivity index (χ4n) is 2.85. The molecule has 0 saturated heterocycles. The van der Waals surface area contributed by atoms with E-state index < -0.39 is 10.8 Å². The average molecular weight is 398 g/mol. The summed E-state index contributed by atoms with van der Waals surface area (Å²) in [5.41, 5.74) is 3.28. The summed E-state index contributed by atoms with van der Waals surface area (Å²) in [6.45, 7) is 3.89. The second kappa shape index (κ2) is 8.48. The number of hydrogen-bond donors (Lipinski definition) is 0. The predicted molar refractivity (Wildman–Crippen MR) is 110 cm³/mol. The van der Waals surface area contributed by atoms with Gasteiger partial charge in [0.05, 0.1) is 0 Å². The zero-order chi connectivity index (χ0) is 20.3. The summed E-state index contributed by atoms with van der Waals surface area (Å²) in [5.74, 6) is 1.19. The first-order chi connectivity index (χ1) is 13.3. The average Bonchev–Trinajstić information content (AvgIpc) is 3.16. The summed E-state index contributed by atoms with van der Waals surface area (Å²) in [5, 5.41) is 8.24. The Morgan fingerprint density at radius 3 is 2.36 bits per heavy atom. The van der Waals surface area contributed by atoms with E-state index in [4.69, 9.17) is 4.42 Å². The summed E-state index contributed by atoms with van der Waals surface area (Å²) >= 11 is 0. The van der Waals surface area contributed by atoms with Gasteiger partial charge in [-0.1, -0.05) is 17.7 Å². The first-order valence-electron chi connectivity index (χ1n) is 8.93. The number of amides is 1. The Bertz CT molecular complexity index is 998. The molecule has 0 aliphatic rings. The Labute approximate surface area is 167 Å². The van der Waals surface area contributed by atoms with Gasteiger partial charge >= 0.3 is 0 Å². The lowest BCUT2D eigenvalue weighted by atomic mass is 10.1. The molecular weight excluding hydrogens is 374 g/mol. The van der Waals surface area contributed by atoms with Crippen LogP contribution in [-0.2, 0) is 10.8 Å². The number of hydrogen-bond acceptors (Lipinski definition) is 5. The van der Waals surface area contributed by atoms with Crippen molar-refractivity contribution < 1.29 is 13.4 Å². The first kappa shape index (κ1) is 19.9. The first-order valence-corrected chi connectivity index (χ1v) is 10.7. The van der Waals surface area contributed by atoms with Crippen molar-refractivity contribution in [1.29, 1.82) is 0 Å². The molecule has 3 aromatic rings. The van der Waals surface area contributed by atoms with Gasteiger partial charge in [0.25, 0.3) is 5.91 Å². The van der Waals surface area contributed by atoms with Gasteiger partial charge in [0.2, 0.25) is 11.8 Å². The molecule has 1 amide bonds. The molecule has 1 aromatic heterocycles. The van der Waals surface area contributed by atoms with Gasteiger partial charge in [-0.05, 0) is 50.2 Å². The van der Waals surface area contributed by atoms with Gasteiger partial charge in [0.1, 0.15) is 0 Å². The Morgan fingerprint density at radius 1 is 1.11 bits per heavy atom. The highest BCUT2D eigenvalue weighted by Gasteiger charge is 2.19. The third-order valence-corrected chi connectivity index (χ3v) is 5.48. The molecule has 0 aliphatic heterocycles. The maximum absolute atomic E-state index is 12.6. The van der Waals surface area contributed by atoms with Crippen molar-refractivity contribution in [3.05, 3.63) is 59.7 Å². The molecule has 146 valence electrons. The summed E-state index contributed by atoms with van der Waals surface area (Å²) in [7, 11) is 0.768. The van der Waals surface area contributed by atoms with E-state index in [0.29, 0.717) is 23.1 Å². The number of rotatable bonds is 6. The fourth-order valence-corrected chi connectivity index (χ4v) is 3.75. The predicted octanol–water partition coefficient (Wildman–Crippen LogP) is 3.55. The van der Waals surface area contributed by atoms with Crippen LogP contribution in [-0.4, -0.2) is 50.3 Å². The Morgan fingerprint density at radius 2 is 1.75 bits per heavy atom. The quantitative estimate of drug-likeness (QED) is 0.636. The molecule has 0 saturated carbocycles. The van der Waals surface area contributed by atoms with Gasteiger partial charge in [-0.25, -0.2) is 0 Å². The van der Waals surface area contributed by atoms with Gasteiger partial charge in [-0.3, -0.25) is 9.00 Å². The number of carbonyl (C=O) groups is 1. The molecule has 7 heteroatoms. The maximum Gasteiger partial charge on any atom is 0.253 e. The molecule has 28 heavy (non-hydrogen) atoms. The SMILES string of the molecule is Cc1cccc(-c2nnc(-c3ccc(C(=O)N(C)[C@H](C)C[S@](C)=O)cc3)o2)c1. The fraction of sp³-hybridized carbons (Fsp3) is 0.286. The zero-order valence-electron chi connectivity index (χ0n) is 16.4. The molecule has 0 aliphatic carbocycles. The van der Waals surface area contributed by atoms with E-state index in [1.54, 1.807) is 42.5 Å². The van der Waals surface area contributed by atoms with E-state index in [1.807, 2.05) is 38.1 Å². The highest BCUT2D eigenvalue weighted by molar-refractivity contribution is 7.84. The van der Waals surface area contributed by atoms with E-state index in [9.17, 15) is 9.00 Å². The van der Waals surface area contributed by atoms with Crippen molar-refractivity contribution >= 4 is 16.7 Å². The molecule has 1 heterocycles. The molecule has 2 aromatic carbocycles. The van der Waals surface area contributed by atoms with Crippen LogP contribution in [0.4, 0.5) is 0 Å². The molecule has 6 nitrogen and oxygen atoms in total. The van der Waals surface area contributed by atoms with E-state index >= 15 is 0 Å². The minimum Gasteiger partial charge on any atom is -0.416 e. The van der Waals surface area contributed by atoms with Gasteiger partial charge in [-0.15, -0.1) is 10.2 Å². The lowest BCUT2D eigenvalue weighted by Gasteiger charge is -2.24. The van der Waals surface area contributed by atoms with Gasteiger partial charge < -0.3 is 9.32 Å². The number of carbonyl (C=O) groups excluding carboxylic acids is 1. The van der Waals surface area contributed by atoms with Crippen LogP contribution in [0.5, 0.6) is 0 Å². The highest BCUT2D eigenvalue weighted by atomic mass is 32.2. The molecule has 0 radical (unpaired) electrons. The summed E-state index contributed by atoms with van der Waals surface area (Å²) in [4.78, 5) is 14.2. The standard InChI is InChI=1S/C21H23N3O3S/c1-14-6-5-7-18(12-14)20-23-22-19(27-20)16-8-10-17(11-9-16)21(25)24(3)15(2)13-28(4)26/h5-12,15H,13H2,1-4H3/t15-,28+/m1/s1. The third kappa shape index (κ3) is 4.54. The van der Waals surface area contributed by atoms with E-state index in [-0.39, 0.29) is 11.9 Å². The van der Waals surface area contributed by atoms with Crippen molar-refractivity contribution in [1.82, 2.24) is 15.1 Å². The zero-order valence-corrected chi connectivity index (χ0v) is 17.2. The number of nitrogens with zero attached hydrogens (tertiary/aromatic N) is 3. The Hall–Kier alpha value is -2.80. The Kier molecular flexibility index (Phi) is 6.04. The summed E-state index contributed by atoms with van der Waals surface area (Å²) < 4.78 is 17.2. The Balaban J connectivity index is 1.76. The molecule has 3 rings (SSSR count). The topological polar surface area (TPSA) is 76.3 Å². The minimum absolute atomic E-state index is 0.106. The van der Waals surface area contributed by atoms with Crippen LogP contribution < -0.4 is 0 Å². The lowest BCUT2D eigenvalue weighted by Crippen LogP contribution is -2.38. The van der Waals surface area contributed by atoms with E-state index in [2.05, 4.69) is 10.2 Å². The molecule has 0 bridgehead atoms. The van der Waals surface area contributed by atoms with Crippen LogP contribution in [0.1, 0.15) is 22.8 Å². The van der Waals surface area contributed by atoms with Gasteiger partial charge in [0, 0.05) is 52.6 Å². The second-order valence-corrected chi connectivity index (χ2v) is 8.34. The van der Waals surface area contributed by atoms with Gasteiger partial charge in [0.15, 0.2) is 0 Å². The summed E-state index contributed by atoms with van der Waals surface area (Å²) in [6, 6.07) is 14.8. The van der Waals surface area contributed by atoms with Crippen molar-refractivity contribution in [3.63, 3.8) is 0 Å². The molecule has 0 unspecified atom stereocenters.